The summed E-state index contributed by atoms with van der Waals surface area (Å²) < 4.78 is 0. The molecule has 0 aliphatic heterocycles. The molecule has 0 unspecified atom stereocenters. The highest BCUT2D eigenvalue weighted by molar-refractivity contribution is 5.93. The molecule has 0 bridgehead atoms. The van der Waals surface area contributed by atoms with Crippen LogP contribution in [0, 0.1) is 0 Å². The molecule has 2 aromatic heterocycles. The van der Waals surface area contributed by atoms with Crippen molar-refractivity contribution in [2.45, 2.75) is 6.54 Å². The zero-order valence-corrected chi connectivity index (χ0v) is 13.1. The van der Waals surface area contributed by atoms with Crippen LogP contribution in [0.5, 0.6) is 0 Å². The minimum Gasteiger partial charge on any atom is -0.331 e. The minimum atomic E-state index is -0.320. The molecular weight excluding hydrogens is 312 g/mol. The van der Waals surface area contributed by atoms with Crippen molar-refractivity contribution in [3.8, 4) is 0 Å². The fraction of sp³-hybridized carbons (Fsp3) is 0.214. The van der Waals surface area contributed by atoms with E-state index in [9.17, 15) is 9.59 Å². The van der Waals surface area contributed by atoms with Gasteiger partial charge in [0.1, 0.15) is 6.54 Å². The van der Waals surface area contributed by atoms with E-state index >= 15 is 0 Å². The molecular formula is C14H16N8O2. The SMILES string of the molecule is CN(C)C(=O)Nc1cnn(CC(=O)Nc2ccc3[nH]ncc3c2)n1. The third-order valence-electron chi connectivity index (χ3n) is 3.19. The second-order valence-electron chi connectivity index (χ2n) is 5.30. The number of H-pyrrole nitrogens is 1. The first-order valence-corrected chi connectivity index (χ1v) is 7.13. The Morgan fingerprint density at radius 2 is 2.08 bits per heavy atom. The van der Waals surface area contributed by atoms with Gasteiger partial charge >= 0.3 is 6.03 Å². The van der Waals surface area contributed by atoms with Gasteiger partial charge in [0, 0.05) is 25.2 Å². The average Bonchev–Trinajstić information content (AvgIpc) is 3.15. The molecule has 2 heterocycles. The monoisotopic (exact) mass is 328 g/mol. The predicted molar refractivity (Wildman–Crippen MR) is 87.5 cm³/mol. The van der Waals surface area contributed by atoms with Crippen molar-refractivity contribution in [2.24, 2.45) is 0 Å². The van der Waals surface area contributed by atoms with E-state index < -0.39 is 0 Å². The first-order valence-electron chi connectivity index (χ1n) is 7.13. The van der Waals surface area contributed by atoms with Crippen LogP contribution in [-0.2, 0) is 11.3 Å². The van der Waals surface area contributed by atoms with Crippen molar-refractivity contribution in [1.82, 2.24) is 30.1 Å². The number of aromatic nitrogens is 5. The van der Waals surface area contributed by atoms with E-state index in [0.717, 1.165) is 10.9 Å². The minimum absolute atomic E-state index is 0.0682. The Balaban J connectivity index is 1.60. The topological polar surface area (TPSA) is 121 Å². The highest BCUT2D eigenvalue weighted by Crippen LogP contribution is 2.16. The Hall–Kier alpha value is -3.43. The van der Waals surface area contributed by atoms with Gasteiger partial charge in [0.25, 0.3) is 0 Å². The summed E-state index contributed by atoms with van der Waals surface area (Å²) in [4.78, 5) is 26.2. The Labute approximate surface area is 136 Å². The Kier molecular flexibility index (Phi) is 4.10. The second-order valence-corrected chi connectivity index (χ2v) is 5.30. The van der Waals surface area contributed by atoms with E-state index in [4.69, 9.17) is 0 Å². The number of carbonyl (C=O) groups excluding carboxylic acids is 2. The lowest BCUT2D eigenvalue weighted by molar-refractivity contribution is -0.117. The van der Waals surface area contributed by atoms with Gasteiger partial charge in [0.05, 0.1) is 17.9 Å². The summed E-state index contributed by atoms with van der Waals surface area (Å²) in [5, 5.41) is 21.0. The lowest BCUT2D eigenvalue weighted by Gasteiger charge is -2.09. The third kappa shape index (κ3) is 3.48. The highest BCUT2D eigenvalue weighted by Gasteiger charge is 2.10. The van der Waals surface area contributed by atoms with Crippen molar-refractivity contribution < 1.29 is 9.59 Å². The first kappa shape index (κ1) is 15.5. The average molecular weight is 328 g/mol. The van der Waals surface area contributed by atoms with Gasteiger partial charge in [-0.25, -0.2) is 4.79 Å². The van der Waals surface area contributed by atoms with Crippen LogP contribution < -0.4 is 10.6 Å². The molecule has 0 saturated carbocycles. The summed E-state index contributed by atoms with van der Waals surface area (Å²) in [6.07, 6.45) is 3.06. The number of nitrogens with zero attached hydrogens (tertiary/aromatic N) is 5. The van der Waals surface area contributed by atoms with Crippen LogP contribution in [0.15, 0.2) is 30.6 Å². The van der Waals surface area contributed by atoms with E-state index in [2.05, 4.69) is 31.0 Å². The third-order valence-corrected chi connectivity index (χ3v) is 3.19. The summed E-state index contributed by atoms with van der Waals surface area (Å²) in [6.45, 7) is -0.0682. The fourth-order valence-corrected chi connectivity index (χ4v) is 2.00. The van der Waals surface area contributed by atoms with Gasteiger partial charge in [-0.15, -0.1) is 5.10 Å². The van der Waals surface area contributed by atoms with E-state index in [1.807, 2.05) is 12.1 Å². The molecule has 1 aromatic carbocycles. The molecule has 3 rings (SSSR count). The maximum Gasteiger partial charge on any atom is 0.322 e. The predicted octanol–water partition coefficient (Wildman–Crippen LogP) is 0.887. The number of amides is 3. The molecule has 3 N–H and O–H groups in total. The molecule has 10 heteroatoms. The smallest absolute Gasteiger partial charge is 0.322 e. The zero-order chi connectivity index (χ0) is 17.1. The summed E-state index contributed by atoms with van der Waals surface area (Å²) in [7, 11) is 3.23. The standard InChI is InChI=1S/C14H16N8O2/c1-21(2)14(24)18-12-7-16-22(20-12)8-13(23)17-10-3-4-11-9(5-10)6-15-19-11/h3-7H,8H2,1-2H3,(H,15,19)(H,17,23)(H,18,20,24). The van der Waals surface area contributed by atoms with E-state index in [1.165, 1.54) is 15.9 Å². The molecule has 3 aromatic rings. The molecule has 124 valence electrons. The Bertz CT molecular complexity index is 882. The number of carbonyl (C=O) groups is 2. The van der Waals surface area contributed by atoms with Gasteiger partial charge in [-0.2, -0.15) is 15.0 Å². The zero-order valence-electron chi connectivity index (χ0n) is 13.1. The van der Waals surface area contributed by atoms with Gasteiger partial charge in [-0.1, -0.05) is 0 Å². The fourth-order valence-electron chi connectivity index (χ4n) is 2.00. The Morgan fingerprint density at radius 1 is 1.25 bits per heavy atom. The molecule has 24 heavy (non-hydrogen) atoms. The molecule has 0 spiro atoms. The molecule has 0 saturated heterocycles. The number of hydrogen-bond donors (Lipinski definition) is 3. The lowest BCUT2D eigenvalue weighted by atomic mass is 10.2. The van der Waals surface area contributed by atoms with Crippen LogP contribution in [-0.4, -0.2) is 56.1 Å². The summed E-state index contributed by atoms with van der Waals surface area (Å²) in [5.74, 6) is 0.000229. The van der Waals surface area contributed by atoms with Crippen LogP contribution in [0.1, 0.15) is 0 Å². The van der Waals surface area contributed by atoms with E-state index in [0.29, 0.717) is 5.69 Å². The van der Waals surface area contributed by atoms with Crippen molar-refractivity contribution in [1.29, 1.82) is 0 Å². The van der Waals surface area contributed by atoms with Gasteiger partial charge in [0.2, 0.25) is 5.91 Å². The number of aromatic amines is 1. The van der Waals surface area contributed by atoms with Crippen LogP contribution in [0.3, 0.4) is 0 Å². The van der Waals surface area contributed by atoms with Crippen LogP contribution in [0.2, 0.25) is 0 Å². The summed E-state index contributed by atoms with van der Waals surface area (Å²) in [5.41, 5.74) is 1.55. The first-order chi connectivity index (χ1) is 11.5. The maximum absolute atomic E-state index is 12.1. The van der Waals surface area contributed by atoms with Gasteiger partial charge < -0.3 is 10.2 Å². The summed E-state index contributed by atoms with van der Waals surface area (Å²) in [6, 6.07) is 5.10. The molecule has 0 fully saturated rings. The number of benzene rings is 1. The lowest BCUT2D eigenvalue weighted by Crippen LogP contribution is -2.27. The van der Waals surface area contributed by atoms with Crippen molar-refractivity contribution in [3.05, 3.63) is 30.6 Å². The number of fused-ring (bicyclic) bond motifs is 1. The van der Waals surface area contributed by atoms with Gasteiger partial charge in [-0.3, -0.25) is 15.2 Å². The second kappa shape index (κ2) is 6.36. The van der Waals surface area contributed by atoms with Gasteiger partial charge in [0.15, 0.2) is 5.82 Å². The van der Waals surface area contributed by atoms with Crippen molar-refractivity contribution in [2.75, 3.05) is 24.7 Å². The van der Waals surface area contributed by atoms with Gasteiger partial charge in [-0.05, 0) is 18.2 Å². The normalized spacial score (nSPS) is 10.6. The number of hydrogen-bond acceptors (Lipinski definition) is 5. The largest absolute Gasteiger partial charge is 0.331 e. The molecule has 3 amide bonds. The maximum atomic E-state index is 12.1. The van der Waals surface area contributed by atoms with E-state index in [1.54, 1.807) is 26.4 Å². The molecule has 0 aliphatic rings. The number of rotatable bonds is 4. The number of anilines is 2. The molecule has 0 aliphatic carbocycles. The molecule has 0 atom stereocenters. The van der Waals surface area contributed by atoms with Crippen molar-refractivity contribution in [3.63, 3.8) is 0 Å². The number of urea groups is 1. The number of nitrogens with one attached hydrogen (secondary N) is 3. The van der Waals surface area contributed by atoms with E-state index in [-0.39, 0.29) is 24.3 Å². The van der Waals surface area contributed by atoms with Crippen LogP contribution >= 0.6 is 0 Å². The quantitative estimate of drug-likeness (QED) is 0.656. The highest BCUT2D eigenvalue weighted by atomic mass is 16.2. The molecule has 0 radical (unpaired) electrons. The summed E-state index contributed by atoms with van der Waals surface area (Å²) >= 11 is 0. The Morgan fingerprint density at radius 3 is 2.88 bits per heavy atom. The van der Waals surface area contributed by atoms with Crippen molar-refractivity contribution >= 4 is 34.3 Å². The molecule has 10 nitrogen and oxygen atoms in total. The van der Waals surface area contributed by atoms with Crippen LogP contribution in [0.25, 0.3) is 10.9 Å². The van der Waals surface area contributed by atoms with Crippen LogP contribution in [0.4, 0.5) is 16.3 Å².